The topological polar surface area (TPSA) is 59.0 Å². The number of carbonyl (C=O) groups excluding carboxylic acids is 1. The zero-order valence-electron chi connectivity index (χ0n) is 15.1. The number of amides is 1. The largest absolute Gasteiger partial charge is 0.355 e. The molecule has 1 aromatic carbocycles. The van der Waals surface area contributed by atoms with Gasteiger partial charge < -0.3 is 10.6 Å². The second kappa shape index (κ2) is 8.50. The maximum atomic E-state index is 12.6. The highest BCUT2D eigenvalue weighted by Crippen LogP contribution is 2.27. The Bertz CT molecular complexity index is 708. The Balaban J connectivity index is 0.00000225. The van der Waals surface area contributed by atoms with Crippen LogP contribution in [0.15, 0.2) is 30.6 Å². The number of aromatic nitrogens is 2. The summed E-state index contributed by atoms with van der Waals surface area (Å²) in [6.07, 6.45) is 4.76. The molecule has 1 aliphatic heterocycles. The molecule has 25 heavy (non-hydrogen) atoms. The van der Waals surface area contributed by atoms with Crippen molar-refractivity contribution >= 4 is 18.3 Å². The van der Waals surface area contributed by atoms with Crippen molar-refractivity contribution in [2.24, 2.45) is 13.0 Å². The molecule has 2 N–H and O–H groups in total. The summed E-state index contributed by atoms with van der Waals surface area (Å²) >= 11 is 0. The van der Waals surface area contributed by atoms with Crippen molar-refractivity contribution in [1.82, 2.24) is 20.4 Å². The lowest BCUT2D eigenvalue weighted by atomic mass is 9.90. The van der Waals surface area contributed by atoms with Crippen LogP contribution < -0.4 is 10.6 Å². The van der Waals surface area contributed by atoms with Crippen LogP contribution in [0.4, 0.5) is 0 Å². The number of carbonyl (C=O) groups is 1. The summed E-state index contributed by atoms with van der Waals surface area (Å²) < 4.78 is 1.80. The normalized spacial score (nSPS) is 19.5. The van der Waals surface area contributed by atoms with E-state index in [9.17, 15) is 4.79 Å². The molecule has 2 aromatic rings. The van der Waals surface area contributed by atoms with Crippen molar-refractivity contribution in [1.29, 1.82) is 0 Å². The Labute approximate surface area is 155 Å². The summed E-state index contributed by atoms with van der Waals surface area (Å²) in [6.45, 7) is 6.50. The van der Waals surface area contributed by atoms with Crippen molar-refractivity contribution in [3.05, 3.63) is 52.8 Å². The molecule has 2 heterocycles. The zero-order valence-corrected chi connectivity index (χ0v) is 15.9. The van der Waals surface area contributed by atoms with Crippen molar-refractivity contribution < 1.29 is 4.79 Å². The van der Waals surface area contributed by atoms with Gasteiger partial charge in [-0.25, -0.2) is 0 Å². The van der Waals surface area contributed by atoms with Gasteiger partial charge in [0.05, 0.1) is 12.1 Å². The first-order valence-electron chi connectivity index (χ1n) is 8.58. The quantitative estimate of drug-likeness (QED) is 0.856. The minimum Gasteiger partial charge on any atom is -0.355 e. The van der Waals surface area contributed by atoms with Crippen LogP contribution in [0.1, 0.15) is 28.2 Å². The lowest BCUT2D eigenvalue weighted by Crippen LogP contribution is -2.35. The molecule has 1 fully saturated rings. The molecule has 2 atom stereocenters. The molecule has 1 aromatic heterocycles. The molecule has 1 amide bonds. The Morgan fingerprint density at radius 2 is 2.04 bits per heavy atom. The van der Waals surface area contributed by atoms with E-state index in [0.717, 1.165) is 25.1 Å². The zero-order chi connectivity index (χ0) is 17.1. The summed E-state index contributed by atoms with van der Waals surface area (Å²) in [5, 5.41) is 10.7. The Morgan fingerprint density at radius 3 is 2.68 bits per heavy atom. The number of hydrogen-bond acceptors (Lipinski definition) is 3. The van der Waals surface area contributed by atoms with Gasteiger partial charge in [0.2, 0.25) is 5.91 Å². The van der Waals surface area contributed by atoms with Gasteiger partial charge in [0, 0.05) is 38.8 Å². The van der Waals surface area contributed by atoms with Crippen molar-refractivity contribution in [2.75, 3.05) is 19.6 Å². The number of nitrogens with one attached hydrogen (secondary N) is 2. The van der Waals surface area contributed by atoms with E-state index in [-0.39, 0.29) is 30.2 Å². The van der Waals surface area contributed by atoms with E-state index in [1.807, 2.05) is 19.4 Å². The molecule has 5 nitrogen and oxygen atoms in total. The number of aryl methyl sites for hydroxylation is 3. The van der Waals surface area contributed by atoms with E-state index in [0.29, 0.717) is 6.54 Å². The summed E-state index contributed by atoms with van der Waals surface area (Å²) in [5.74, 6) is 0.325. The van der Waals surface area contributed by atoms with Gasteiger partial charge in [-0.15, -0.1) is 12.4 Å². The molecule has 3 rings (SSSR count). The molecule has 0 saturated carbocycles. The molecule has 0 unspecified atom stereocenters. The van der Waals surface area contributed by atoms with Crippen LogP contribution in [0.3, 0.4) is 0 Å². The predicted octanol–water partition coefficient (Wildman–Crippen LogP) is 2.12. The number of nitrogens with zero attached hydrogens (tertiary/aromatic N) is 2. The first-order valence-corrected chi connectivity index (χ1v) is 8.58. The van der Waals surface area contributed by atoms with E-state index in [1.165, 1.54) is 16.7 Å². The highest BCUT2D eigenvalue weighted by Gasteiger charge is 2.34. The maximum Gasteiger partial charge on any atom is 0.225 e. The van der Waals surface area contributed by atoms with E-state index in [1.54, 1.807) is 4.68 Å². The second-order valence-corrected chi connectivity index (χ2v) is 6.73. The Kier molecular flexibility index (Phi) is 6.62. The van der Waals surface area contributed by atoms with Gasteiger partial charge in [0.25, 0.3) is 0 Å². The van der Waals surface area contributed by atoms with E-state index < -0.39 is 0 Å². The summed E-state index contributed by atoms with van der Waals surface area (Å²) in [4.78, 5) is 12.6. The fourth-order valence-corrected chi connectivity index (χ4v) is 3.62. The predicted molar refractivity (Wildman–Crippen MR) is 102 cm³/mol. The van der Waals surface area contributed by atoms with Gasteiger partial charge in [-0.05, 0) is 42.5 Å². The van der Waals surface area contributed by atoms with Crippen LogP contribution in [-0.4, -0.2) is 35.3 Å². The van der Waals surface area contributed by atoms with Crippen LogP contribution in [0.5, 0.6) is 0 Å². The molecule has 0 bridgehead atoms. The van der Waals surface area contributed by atoms with Gasteiger partial charge in [-0.2, -0.15) is 5.10 Å². The molecule has 1 saturated heterocycles. The number of benzene rings is 1. The van der Waals surface area contributed by atoms with Crippen LogP contribution in [0, 0.1) is 19.8 Å². The minimum atomic E-state index is -0.0211. The van der Waals surface area contributed by atoms with Crippen molar-refractivity contribution in [3.8, 4) is 0 Å². The van der Waals surface area contributed by atoms with Crippen LogP contribution in [0.25, 0.3) is 0 Å². The van der Waals surface area contributed by atoms with Crippen LogP contribution in [0.2, 0.25) is 0 Å². The smallest absolute Gasteiger partial charge is 0.225 e. The van der Waals surface area contributed by atoms with Gasteiger partial charge in [0.15, 0.2) is 0 Å². The monoisotopic (exact) mass is 362 g/mol. The molecule has 0 radical (unpaired) electrons. The minimum absolute atomic E-state index is 0. The third-order valence-electron chi connectivity index (χ3n) is 5.02. The molecular formula is C19H27ClN4O. The average Bonchev–Trinajstić information content (AvgIpc) is 3.18. The maximum absolute atomic E-state index is 12.6. The molecule has 1 aliphatic rings. The van der Waals surface area contributed by atoms with Crippen molar-refractivity contribution in [2.45, 2.75) is 26.2 Å². The van der Waals surface area contributed by atoms with Gasteiger partial charge >= 0.3 is 0 Å². The highest BCUT2D eigenvalue weighted by molar-refractivity contribution is 5.85. The summed E-state index contributed by atoms with van der Waals surface area (Å²) in [5.41, 5.74) is 5.06. The van der Waals surface area contributed by atoms with Crippen molar-refractivity contribution in [3.63, 3.8) is 0 Å². The molecule has 0 spiro atoms. The lowest BCUT2D eigenvalue weighted by molar-refractivity contribution is -0.124. The van der Waals surface area contributed by atoms with Gasteiger partial charge in [0.1, 0.15) is 0 Å². The Hall–Kier alpha value is -1.85. The molecular weight excluding hydrogens is 336 g/mol. The SMILES string of the molecule is Cc1cccc(C)c1CCNC(=O)[C@H]1CNC[C@@H]1c1cnn(C)c1.Cl. The van der Waals surface area contributed by atoms with Gasteiger partial charge in [-0.3, -0.25) is 9.48 Å². The highest BCUT2D eigenvalue weighted by atomic mass is 35.5. The molecule has 6 heteroatoms. The van der Waals surface area contributed by atoms with E-state index >= 15 is 0 Å². The first-order chi connectivity index (χ1) is 11.6. The second-order valence-electron chi connectivity index (χ2n) is 6.73. The third-order valence-corrected chi connectivity index (χ3v) is 5.02. The molecule has 136 valence electrons. The average molecular weight is 363 g/mol. The van der Waals surface area contributed by atoms with E-state index in [4.69, 9.17) is 0 Å². The number of rotatable bonds is 5. The fourth-order valence-electron chi connectivity index (χ4n) is 3.62. The summed E-state index contributed by atoms with van der Waals surface area (Å²) in [6, 6.07) is 6.34. The first kappa shape index (κ1) is 19.5. The molecule has 0 aliphatic carbocycles. The van der Waals surface area contributed by atoms with Crippen LogP contribution >= 0.6 is 12.4 Å². The standard InChI is InChI=1S/C19H26N4O.ClH/c1-13-5-4-6-14(2)16(13)7-8-21-19(24)18-11-20-10-17(18)15-9-22-23(3)12-15;/h4-6,9,12,17-18,20H,7-8,10-11H2,1-3H3,(H,21,24);1H/t17-,18+;/m1./s1. The lowest BCUT2D eigenvalue weighted by Gasteiger charge is -2.17. The Morgan fingerprint density at radius 1 is 1.32 bits per heavy atom. The van der Waals surface area contributed by atoms with E-state index in [2.05, 4.69) is 47.8 Å². The van der Waals surface area contributed by atoms with Crippen LogP contribution in [-0.2, 0) is 18.3 Å². The fraction of sp³-hybridized carbons (Fsp3) is 0.474. The van der Waals surface area contributed by atoms with Gasteiger partial charge in [-0.1, -0.05) is 18.2 Å². The number of hydrogen-bond donors (Lipinski definition) is 2. The number of halogens is 1. The summed E-state index contributed by atoms with van der Waals surface area (Å²) in [7, 11) is 1.91. The third kappa shape index (κ3) is 4.41.